The number of anilines is 1. The lowest BCUT2D eigenvalue weighted by Gasteiger charge is -2.03. The maximum absolute atomic E-state index is 11.4. The first-order valence-corrected chi connectivity index (χ1v) is 6.48. The molecule has 0 aliphatic heterocycles. The maximum Gasteiger partial charge on any atom is 0.271 e. The second-order valence-corrected chi connectivity index (χ2v) is 5.47. The zero-order valence-corrected chi connectivity index (χ0v) is 9.49. The van der Waals surface area contributed by atoms with Crippen LogP contribution in [-0.4, -0.2) is 42.8 Å². The van der Waals surface area contributed by atoms with E-state index in [1.165, 1.54) is 12.4 Å². The molecule has 0 bridgehead atoms. The average molecular weight is 244 g/mol. The minimum atomic E-state index is -3.08. The van der Waals surface area contributed by atoms with E-state index in [1.807, 2.05) is 0 Å². The van der Waals surface area contributed by atoms with E-state index in [-0.39, 0.29) is 23.8 Å². The van der Waals surface area contributed by atoms with E-state index in [2.05, 4.69) is 15.3 Å². The molecule has 88 valence electrons. The number of carbonyl (C=O) groups is 1. The Morgan fingerprint density at radius 1 is 1.44 bits per heavy atom. The molecule has 1 aromatic rings. The Morgan fingerprint density at radius 3 is 2.62 bits per heavy atom. The van der Waals surface area contributed by atoms with Crippen LogP contribution in [0.2, 0.25) is 0 Å². The SMILES string of the molecule is CS(=O)(=O)CCNC(=O)c1cnc(N)cn1. The van der Waals surface area contributed by atoms with Crippen molar-refractivity contribution in [2.45, 2.75) is 0 Å². The molecular formula is C8H12N4O3S. The van der Waals surface area contributed by atoms with Gasteiger partial charge in [0.15, 0.2) is 0 Å². The highest BCUT2D eigenvalue weighted by Crippen LogP contribution is 1.95. The highest BCUT2D eigenvalue weighted by molar-refractivity contribution is 7.90. The Hall–Kier alpha value is -1.70. The van der Waals surface area contributed by atoms with E-state index in [9.17, 15) is 13.2 Å². The van der Waals surface area contributed by atoms with Gasteiger partial charge in [0.2, 0.25) is 0 Å². The van der Waals surface area contributed by atoms with E-state index < -0.39 is 15.7 Å². The number of hydrogen-bond donors (Lipinski definition) is 2. The van der Waals surface area contributed by atoms with Crippen molar-refractivity contribution in [3.63, 3.8) is 0 Å². The zero-order valence-electron chi connectivity index (χ0n) is 8.67. The van der Waals surface area contributed by atoms with Crippen LogP contribution in [-0.2, 0) is 9.84 Å². The predicted octanol–water partition coefficient (Wildman–Crippen LogP) is -1.17. The molecule has 16 heavy (non-hydrogen) atoms. The summed E-state index contributed by atoms with van der Waals surface area (Å²) in [6.45, 7) is 0.0454. The van der Waals surface area contributed by atoms with Gasteiger partial charge in [-0.3, -0.25) is 4.79 Å². The molecule has 0 atom stereocenters. The molecule has 0 spiro atoms. The van der Waals surface area contributed by atoms with Gasteiger partial charge in [-0.1, -0.05) is 0 Å². The van der Waals surface area contributed by atoms with Crippen molar-refractivity contribution in [2.75, 3.05) is 24.3 Å². The minimum absolute atomic E-state index is 0.0454. The van der Waals surface area contributed by atoms with Crippen molar-refractivity contribution in [3.8, 4) is 0 Å². The first-order chi connectivity index (χ1) is 7.38. The molecule has 0 fully saturated rings. The van der Waals surface area contributed by atoms with Crippen LogP contribution in [0.15, 0.2) is 12.4 Å². The summed E-state index contributed by atoms with van der Waals surface area (Å²) in [4.78, 5) is 18.8. The summed E-state index contributed by atoms with van der Waals surface area (Å²) >= 11 is 0. The van der Waals surface area contributed by atoms with Crippen LogP contribution in [0.1, 0.15) is 10.5 Å². The third kappa shape index (κ3) is 4.22. The predicted molar refractivity (Wildman–Crippen MR) is 58.5 cm³/mol. The number of hydrogen-bond acceptors (Lipinski definition) is 6. The standard InChI is InChI=1S/C8H12N4O3S/c1-16(14,15)3-2-10-8(13)6-4-12-7(9)5-11-6/h4-5H,2-3H2,1H3,(H2,9,12)(H,10,13). The molecule has 1 heterocycles. The van der Waals surface area contributed by atoms with Crippen molar-refractivity contribution < 1.29 is 13.2 Å². The number of rotatable bonds is 4. The van der Waals surface area contributed by atoms with E-state index >= 15 is 0 Å². The fourth-order valence-corrected chi connectivity index (χ4v) is 1.37. The lowest BCUT2D eigenvalue weighted by Crippen LogP contribution is -2.29. The third-order valence-electron chi connectivity index (χ3n) is 1.66. The van der Waals surface area contributed by atoms with Crippen molar-refractivity contribution in [2.24, 2.45) is 0 Å². The summed E-state index contributed by atoms with van der Waals surface area (Å²) in [6, 6.07) is 0. The van der Waals surface area contributed by atoms with Crippen LogP contribution in [0.4, 0.5) is 5.82 Å². The van der Waals surface area contributed by atoms with Crippen molar-refractivity contribution in [1.29, 1.82) is 0 Å². The van der Waals surface area contributed by atoms with E-state index in [1.54, 1.807) is 0 Å². The minimum Gasteiger partial charge on any atom is -0.382 e. The number of amides is 1. The van der Waals surface area contributed by atoms with Gasteiger partial charge in [-0.2, -0.15) is 0 Å². The Morgan fingerprint density at radius 2 is 2.12 bits per heavy atom. The first kappa shape index (κ1) is 12.4. The van der Waals surface area contributed by atoms with Gasteiger partial charge in [-0.15, -0.1) is 0 Å². The molecule has 1 rings (SSSR count). The summed E-state index contributed by atoms with van der Waals surface area (Å²) in [5, 5.41) is 2.41. The number of nitrogens with two attached hydrogens (primary N) is 1. The van der Waals surface area contributed by atoms with Crippen LogP contribution >= 0.6 is 0 Å². The number of nitrogens with zero attached hydrogens (tertiary/aromatic N) is 2. The summed E-state index contributed by atoms with van der Waals surface area (Å²) in [6.07, 6.45) is 3.58. The number of nitrogens with one attached hydrogen (secondary N) is 1. The summed E-state index contributed by atoms with van der Waals surface area (Å²) < 4.78 is 21.6. The van der Waals surface area contributed by atoms with Gasteiger partial charge >= 0.3 is 0 Å². The fraction of sp³-hybridized carbons (Fsp3) is 0.375. The van der Waals surface area contributed by atoms with Crippen LogP contribution in [0, 0.1) is 0 Å². The summed E-state index contributed by atoms with van der Waals surface area (Å²) in [5.41, 5.74) is 5.40. The van der Waals surface area contributed by atoms with Crippen LogP contribution in [0.3, 0.4) is 0 Å². The van der Waals surface area contributed by atoms with Gasteiger partial charge in [-0.05, 0) is 0 Å². The molecule has 0 saturated carbocycles. The lowest BCUT2D eigenvalue weighted by atomic mass is 10.4. The van der Waals surface area contributed by atoms with Gasteiger partial charge < -0.3 is 11.1 Å². The fourth-order valence-electron chi connectivity index (χ4n) is 0.896. The molecule has 0 saturated heterocycles. The lowest BCUT2D eigenvalue weighted by molar-refractivity contribution is 0.0951. The molecule has 7 nitrogen and oxygen atoms in total. The third-order valence-corrected chi connectivity index (χ3v) is 2.61. The van der Waals surface area contributed by atoms with Gasteiger partial charge in [0.25, 0.3) is 5.91 Å². The van der Waals surface area contributed by atoms with Gasteiger partial charge in [0.1, 0.15) is 21.3 Å². The molecule has 3 N–H and O–H groups in total. The Bertz CT molecular complexity index is 469. The topological polar surface area (TPSA) is 115 Å². The quantitative estimate of drug-likeness (QED) is 0.689. The number of aromatic nitrogens is 2. The monoisotopic (exact) mass is 244 g/mol. The molecule has 0 aromatic carbocycles. The average Bonchev–Trinajstić information content (AvgIpc) is 2.16. The number of nitrogen functional groups attached to an aromatic ring is 1. The molecule has 1 aromatic heterocycles. The maximum atomic E-state index is 11.4. The number of sulfone groups is 1. The highest BCUT2D eigenvalue weighted by atomic mass is 32.2. The van der Waals surface area contributed by atoms with Crippen LogP contribution in [0.25, 0.3) is 0 Å². The largest absolute Gasteiger partial charge is 0.382 e. The molecule has 0 aliphatic rings. The van der Waals surface area contributed by atoms with Crippen LogP contribution in [0.5, 0.6) is 0 Å². The van der Waals surface area contributed by atoms with Crippen LogP contribution < -0.4 is 11.1 Å². The molecule has 1 amide bonds. The molecule has 0 unspecified atom stereocenters. The van der Waals surface area contributed by atoms with E-state index in [4.69, 9.17) is 5.73 Å². The second kappa shape index (κ2) is 4.88. The van der Waals surface area contributed by atoms with Crippen molar-refractivity contribution in [3.05, 3.63) is 18.1 Å². The van der Waals surface area contributed by atoms with E-state index in [0.717, 1.165) is 6.26 Å². The van der Waals surface area contributed by atoms with Gasteiger partial charge in [0.05, 0.1) is 18.1 Å². The van der Waals surface area contributed by atoms with Crippen molar-refractivity contribution in [1.82, 2.24) is 15.3 Å². The Balaban J connectivity index is 2.50. The Kier molecular flexibility index (Phi) is 3.78. The number of carbonyl (C=O) groups excluding carboxylic acids is 1. The summed E-state index contributed by atoms with van der Waals surface area (Å²) in [5.74, 6) is -0.370. The molecular weight excluding hydrogens is 232 g/mol. The first-order valence-electron chi connectivity index (χ1n) is 4.42. The van der Waals surface area contributed by atoms with E-state index in [0.29, 0.717) is 0 Å². The molecule has 0 aliphatic carbocycles. The highest BCUT2D eigenvalue weighted by Gasteiger charge is 2.08. The van der Waals surface area contributed by atoms with Gasteiger partial charge in [0, 0.05) is 12.8 Å². The van der Waals surface area contributed by atoms with Crippen molar-refractivity contribution >= 4 is 21.6 Å². The summed E-state index contributed by atoms with van der Waals surface area (Å²) in [7, 11) is -3.08. The molecule has 8 heteroatoms. The Labute approximate surface area is 93.0 Å². The van der Waals surface area contributed by atoms with Gasteiger partial charge in [-0.25, -0.2) is 18.4 Å². The normalized spacial score (nSPS) is 11.1. The molecule has 0 radical (unpaired) electrons. The zero-order chi connectivity index (χ0) is 12.2. The smallest absolute Gasteiger partial charge is 0.271 e. The second-order valence-electron chi connectivity index (χ2n) is 3.21.